The predicted molar refractivity (Wildman–Crippen MR) is 134 cm³/mol. The second-order valence-electron chi connectivity index (χ2n) is 7.32. The number of carbonyl (C=O) groups is 1. The maximum Gasteiger partial charge on any atom is 0.337 e. The van der Waals surface area contributed by atoms with Crippen molar-refractivity contribution in [3.63, 3.8) is 0 Å². The van der Waals surface area contributed by atoms with Gasteiger partial charge in [0.05, 0.1) is 34.0 Å². The lowest BCUT2D eigenvalue weighted by molar-refractivity contribution is 0.0600. The Bertz CT molecular complexity index is 1380. The molecule has 0 fully saturated rings. The summed E-state index contributed by atoms with van der Waals surface area (Å²) < 4.78 is 32.4. The summed E-state index contributed by atoms with van der Waals surface area (Å²) in [6, 6.07) is 18.5. The van der Waals surface area contributed by atoms with Crippen LogP contribution in [0.1, 0.15) is 10.4 Å². The summed E-state index contributed by atoms with van der Waals surface area (Å²) >= 11 is 0. The third kappa shape index (κ3) is 6.34. The molecular formula is C26H24N4O7. The van der Waals surface area contributed by atoms with Crippen molar-refractivity contribution in [2.75, 3.05) is 33.8 Å². The van der Waals surface area contributed by atoms with E-state index in [1.54, 1.807) is 80.9 Å². The minimum Gasteiger partial charge on any atom is -0.497 e. The lowest BCUT2D eigenvalue weighted by atomic mass is 10.2. The van der Waals surface area contributed by atoms with Gasteiger partial charge in [0.2, 0.25) is 5.95 Å². The molecule has 0 saturated heterocycles. The highest BCUT2D eigenvalue weighted by Crippen LogP contribution is 2.34. The van der Waals surface area contributed by atoms with Crippen LogP contribution >= 0.6 is 0 Å². The third-order valence-corrected chi connectivity index (χ3v) is 4.97. The fourth-order valence-electron chi connectivity index (χ4n) is 3.16. The van der Waals surface area contributed by atoms with Crippen LogP contribution in [0.5, 0.6) is 40.8 Å². The van der Waals surface area contributed by atoms with Gasteiger partial charge in [-0.05, 0) is 54.6 Å². The lowest BCUT2D eigenvalue weighted by Crippen LogP contribution is -2.05. The first kappa shape index (κ1) is 25.0. The van der Waals surface area contributed by atoms with Gasteiger partial charge < -0.3 is 33.7 Å². The van der Waals surface area contributed by atoms with E-state index >= 15 is 0 Å². The van der Waals surface area contributed by atoms with Crippen LogP contribution in [-0.4, -0.2) is 49.4 Å². The number of rotatable bonds is 10. The molecule has 0 aliphatic carbocycles. The SMILES string of the molecule is COC(=O)c1cccc(Nc2nc(Oc3ccc(OC)cc3)nc(Oc3ccc(OC)cc3OC)n2)c1. The largest absolute Gasteiger partial charge is 0.497 e. The quantitative estimate of drug-likeness (QED) is 0.293. The molecule has 4 rings (SSSR count). The number of carbonyl (C=O) groups excluding carboxylic acids is 1. The number of ether oxygens (including phenoxy) is 6. The van der Waals surface area contributed by atoms with Gasteiger partial charge in [0.25, 0.3) is 0 Å². The molecule has 0 bridgehead atoms. The predicted octanol–water partition coefficient (Wildman–Crippen LogP) is 5.01. The highest BCUT2D eigenvalue weighted by molar-refractivity contribution is 5.90. The Kier molecular flexibility index (Phi) is 7.84. The topological polar surface area (TPSA) is 123 Å². The molecule has 1 heterocycles. The average molecular weight is 504 g/mol. The highest BCUT2D eigenvalue weighted by Gasteiger charge is 2.15. The number of aromatic nitrogens is 3. The van der Waals surface area contributed by atoms with Gasteiger partial charge in [0.15, 0.2) is 11.5 Å². The molecule has 11 heteroatoms. The van der Waals surface area contributed by atoms with Gasteiger partial charge in [-0.25, -0.2) is 4.79 Å². The number of nitrogens with one attached hydrogen (secondary N) is 1. The number of methoxy groups -OCH3 is 4. The molecule has 4 aromatic rings. The van der Waals surface area contributed by atoms with Gasteiger partial charge in [-0.3, -0.25) is 0 Å². The molecule has 0 aliphatic heterocycles. The van der Waals surface area contributed by atoms with Crippen molar-refractivity contribution >= 4 is 17.6 Å². The molecule has 0 unspecified atom stereocenters. The summed E-state index contributed by atoms with van der Waals surface area (Å²) in [7, 11) is 5.95. The van der Waals surface area contributed by atoms with E-state index in [2.05, 4.69) is 20.3 Å². The Morgan fingerprint density at radius 2 is 1.35 bits per heavy atom. The molecule has 0 saturated carbocycles. The molecule has 1 N–H and O–H groups in total. The van der Waals surface area contributed by atoms with E-state index < -0.39 is 5.97 Å². The van der Waals surface area contributed by atoms with Crippen molar-refractivity contribution in [1.82, 2.24) is 15.0 Å². The van der Waals surface area contributed by atoms with Crippen molar-refractivity contribution < 1.29 is 33.2 Å². The van der Waals surface area contributed by atoms with Crippen LogP contribution in [-0.2, 0) is 4.74 Å². The summed E-state index contributed by atoms with van der Waals surface area (Å²) in [6.45, 7) is 0. The highest BCUT2D eigenvalue weighted by atomic mass is 16.5. The van der Waals surface area contributed by atoms with Crippen LogP contribution in [0.3, 0.4) is 0 Å². The molecule has 1 aromatic heterocycles. The maximum absolute atomic E-state index is 11.9. The van der Waals surface area contributed by atoms with Gasteiger partial charge in [0.1, 0.15) is 17.2 Å². The summed E-state index contributed by atoms with van der Waals surface area (Å²) in [5.41, 5.74) is 0.896. The molecule has 11 nitrogen and oxygen atoms in total. The molecule has 0 spiro atoms. The lowest BCUT2D eigenvalue weighted by Gasteiger charge is -2.13. The molecule has 3 aromatic carbocycles. The van der Waals surface area contributed by atoms with Gasteiger partial charge in [-0.1, -0.05) is 6.07 Å². The summed E-state index contributed by atoms with van der Waals surface area (Å²) in [6.07, 6.45) is 0. The summed E-state index contributed by atoms with van der Waals surface area (Å²) in [5.74, 6) is 2.14. The first-order valence-corrected chi connectivity index (χ1v) is 10.9. The number of nitrogens with zero attached hydrogens (tertiary/aromatic N) is 3. The molecule has 0 radical (unpaired) electrons. The maximum atomic E-state index is 11.9. The van der Waals surface area contributed by atoms with Crippen LogP contribution in [0.4, 0.5) is 11.6 Å². The van der Waals surface area contributed by atoms with Crippen LogP contribution in [0, 0.1) is 0 Å². The molecule has 0 amide bonds. The standard InChI is InChI=1S/C26H24N4O7/c1-32-18-8-10-19(11-9-18)36-25-28-24(27-17-7-5-6-16(14-17)23(31)35-4)29-26(30-25)37-21-13-12-20(33-2)15-22(21)34-3/h5-15H,1-4H3,(H,27,28,29,30). The zero-order chi connectivity index (χ0) is 26.2. The first-order valence-electron chi connectivity index (χ1n) is 10.9. The van der Waals surface area contributed by atoms with Gasteiger partial charge in [-0.2, -0.15) is 9.97 Å². The molecule has 190 valence electrons. The zero-order valence-corrected chi connectivity index (χ0v) is 20.6. The van der Waals surface area contributed by atoms with E-state index in [1.165, 1.54) is 14.2 Å². The van der Waals surface area contributed by atoms with Crippen molar-refractivity contribution in [2.24, 2.45) is 0 Å². The Balaban J connectivity index is 1.68. The molecule has 37 heavy (non-hydrogen) atoms. The summed E-state index contributed by atoms with van der Waals surface area (Å²) in [5, 5.41) is 3.04. The van der Waals surface area contributed by atoms with Crippen molar-refractivity contribution in [3.05, 3.63) is 72.3 Å². The van der Waals surface area contributed by atoms with E-state index in [0.717, 1.165) is 0 Å². The summed E-state index contributed by atoms with van der Waals surface area (Å²) in [4.78, 5) is 24.9. The molecular weight excluding hydrogens is 480 g/mol. The van der Waals surface area contributed by atoms with E-state index in [1.807, 2.05) is 0 Å². The fourth-order valence-corrected chi connectivity index (χ4v) is 3.16. The van der Waals surface area contributed by atoms with Crippen LogP contribution < -0.4 is 29.0 Å². The Hall–Kier alpha value is -5.06. The smallest absolute Gasteiger partial charge is 0.337 e. The third-order valence-electron chi connectivity index (χ3n) is 4.97. The average Bonchev–Trinajstić information content (AvgIpc) is 2.93. The number of hydrogen-bond donors (Lipinski definition) is 1. The second-order valence-corrected chi connectivity index (χ2v) is 7.32. The van der Waals surface area contributed by atoms with Crippen molar-refractivity contribution in [3.8, 4) is 40.8 Å². The Morgan fingerprint density at radius 1 is 0.676 bits per heavy atom. The fraction of sp³-hybridized carbons (Fsp3) is 0.154. The van der Waals surface area contributed by atoms with E-state index in [-0.39, 0.29) is 18.0 Å². The number of esters is 1. The second kappa shape index (κ2) is 11.6. The number of anilines is 2. The minimum absolute atomic E-state index is 0.0331. The van der Waals surface area contributed by atoms with Gasteiger partial charge in [-0.15, -0.1) is 4.98 Å². The van der Waals surface area contributed by atoms with Crippen molar-refractivity contribution in [2.45, 2.75) is 0 Å². The number of hydrogen-bond acceptors (Lipinski definition) is 11. The van der Waals surface area contributed by atoms with Crippen LogP contribution in [0.15, 0.2) is 66.7 Å². The zero-order valence-electron chi connectivity index (χ0n) is 20.6. The van der Waals surface area contributed by atoms with Gasteiger partial charge >= 0.3 is 18.0 Å². The molecule has 0 aliphatic rings. The number of benzene rings is 3. The normalized spacial score (nSPS) is 10.3. The Labute approximate surface area is 212 Å². The minimum atomic E-state index is -0.474. The Morgan fingerprint density at radius 3 is 2.03 bits per heavy atom. The van der Waals surface area contributed by atoms with E-state index in [4.69, 9.17) is 28.4 Å². The van der Waals surface area contributed by atoms with Crippen LogP contribution in [0.2, 0.25) is 0 Å². The van der Waals surface area contributed by atoms with E-state index in [0.29, 0.717) is 40.0 Å². The molecule has 0 atom stereocenters. The van der Waals surface area contributed by atoms with Crippen molar-refractivity contribution in [1.29, 1.82) is 0 Å². The van der Waals surface area contributed by atoms with Crippen LogP contribution in [0.25, 0.3) is 0 Å². The monoisotopic (exact) mass is 504 g/mol. The first-order chi connectivity index (χ1) is 18.0. The van der Waals surface area contributed by atoms with Gasteiger partial charge in [0, 0.05) is 11.8 Å². The van der Waals surface area contributed by atoms with E-state index in [9.17, 15) is 4.79 Å².